The molecule has 3 rings (SSSR count). The second-order valence-electron chi connectivity index (χ2n) is 9.64. The van der Waals surface area contributed by atoms with Crippen molar-refractivity contribution in [2.75, 3.05) is 38.3 Å². The van der Waals surface area contributed by atoms with E-state index in [1.165, 1.54) is 21.6 Å². The minimum absolute atomic E-state index is 0.0102. The van der Waals surface area contributed by atoms with E-state index in [9.17, 15) is 32.7 Å². The average Bonchev–Trinajstić information content (AvgIpc) is 2.82. The van der Waals surface area contributed by atoms with Crippen LogP contribution in [0.5, 0.6) is 5.75 Å². The third kappa shape index (κ3) is 6.28. The van der Waals surface area contributed by atoms with Crippen LogP contribution >= 0.6 is 0 Å². The summed E-state index contributed by atoms with van der Waals surface area (Å²) in [5.41, 5.74) is -1.65. The van der Waals surface area contributed by atoms with Gasteiger partial charge in [-0.3, -0.25) is 9.59 Å². The van der Waals surface area contributed by atoms with Crippen LogP contribution in [0.25, 0.3) is 0 Å². The molecule has 3 amide bonds. The standard InChI is InChI=1S/C25H34F3N3O6/c1-15(2)31(17-8-7-9-29(14-17)24(34)35)23(33)18-12-20-21(13-19(18)25(26,27)28)37-16(3)22(32)30(20)10-5-6-11-36-4/h12-13,15-17H,5-11,14H2,1-4H3,(H,34,35)/t16-,17+/m0/s1. The smallest absolute Gasteiger partial charge is 0.417 e. The minimum Gasteiger partial charge on any atom is -0.479 e. The van der Waals surface area contributed by atoms with Gasteiger partial charge in [-0.2, -0.15) is 13.2 Å². The number of carbonyl (C=O) groups excluding carboxylic acids is 2. The van der Waals surface area contributed by atoms with Crippen LogP contribution in [0.2, 0.25) is 0 Å². The van der Waals surface area contributed by atoms with Gasteiger partial charge in [-0.15, -0.1) is 0 Å². The van der Waals surface area contributed by atoms with Gasteiger partial charge < -0.3 is 29.3 Å². The van der Waals surface area contributed by atoms with E-state index >= 15 is 0 Å². The lowest BCUT2D eigenvalue weighted by molar-refractivity contribution is -0.138. The molecule has 0 bridgehead atoms. The van der Waals surface area contributed by atoms with E-state index in [-0.39, 0.29) is 24.5 Å². The fourth-order valence-electron chi connectivity index (χ4n) is 4.93. The molecule has 1 aromatic rings. The van der Waals surface area contributed by atoms with Gasteiger partial charge in [0.1, 0.15) is 5.75 Å². The SMILES string of the molecule is COCCCCN1C(=O)[C@H](C)Oc2cc(C(F)(F)F)c(C(=O)N(C(C)C)[C@@H]3CCCN(C(=O)O)C3)cc21. The summed E-state index contributed by atoms with van der Waals surface area (Å²) >= 11 is 0. The Morgan fingerprint density at radius 2 is 1.97 bits per heavy atom. The molecule has 2 atom stereocenters. The highest BCUT2D eigenvalue weighted by molar-refractivity contribution is 6.03. The first kappa shape index (κ1) is 28.5. The van der Waals surface area contributed by atoms with E-state index in [1.807, 2.05) is 0 Å². The number of unbranched alkanes of at least 4 members (excludes halogenated alkanes) is 1. The Hall–Kier alpha value is -3.02. The Balaban J connectivity index is 2.06. The van der Waals surface area contributed by atoms with Crippen LogP contribution in [0.1, 0.15) is 62.4 Å². The zero-order valence-corrected chi connectivity index (χ0v) is 21.5. The maximum atomic E-state index is 14.2. The van der Waals surface area contributed by atoms with Crippen LogP contribution in [0.4, 0.5) is 23.7 Å². The summed E-state index contributed by atoms with van der Waals surface area (Å²) in [6.45, 7) is 5.84. The molecule has 0 unspecified atom stereocenters. The number of carbonyl (C=O) groups is 3. The number of likely N-dealkylation sites (tertiary alicyclic amines) is 1. The van der Waals surface area contributed by atoms with Crippen molar-refractivity contribution in [1.82, 2.24) is 9.80 Å². The quantitative estimate of drug-likeness (QED) is 0.506. The van der Waals surface area contributed by atoms with Crippen LogP contribution < -0.4 is 9.64 Å². The maximum Gasteiger partial charge on any atom is 0.417 e. The van der Waals surface area contributed by atoms with E-state index in [2.05, 4.69) is 0 Å². The molecular weight excluding hydrogens is 495 g/mol. The lowest BCUT2D eigenvalue weighted by Gasteiger charge is -2.41. The molecule has 1 fully saturated rings. The van der Waals surface area contributed by atoms with Gasteiger partial charge in [0.2, 0.25) is 0 Å². The van der Waals surface area contributed by atoms with Crippen LogP contribution in [0.15, 0.2) is 12.1 Å². The van der Waals surface area contributed by atoms with Crippen molar-refractivity contribution < 1.29 is 42.1 Å². The van der Waals surface area contributed by atoms with E-state index in [4.69, 9.17) is 9.47 Å². The van der Waals surface area contributed by atoms with Gasteiger partial charge in [0.25, 0.3) is 11.8 Å². The average molecular weight is 530 g/mol. The molecule has 1 N–H and O–H groups in total. The summed E-state index contributed by atoms with van der Waals surface area (Å²) in [5, 5.41) is 9.41. The van der Waals surface area contributed by atoms with Crippen molar-refractivity contribution in [3.8, 4) is 5.75 Å². The fourth-order valence-corrected chi connectivity index (χ4v) is 4.93. The zero-order chi connectivity index (χ0) is 27.5. The van der Waals surface area contributed by atoms with Gasteiger partial charge in [-0.05, 0) is 58.6 Å². The molecule has 1 aromatic carbocycles. The number of ether oxygens (including phenoxy) is 2. The Labute approximate surface area is 214 Å². The number of anilines is 1. The van der Waals surface area contributed by atoms with Gasteiger partial charge in [0, 0.05) is 39.4 Å². The Kier molecular flexibility index (Phi) is 8.93. The highest BCUT2D eigenvalue weighted by Crippen LogP contribution is 2.43. The number of nitrogens with zero attached hydrogens (tertiary/aromatic N) is 3. The van der Waals surface area contributed by atoms with E-state index in [0.717, 1.165) is 12.1 Å². The highest BCUT2D eigenvalue weighted by Gasteiger charge is 2.42. The molecule has 1 saturated heterocycles. The first-order valence-electron chi connectivity index (χ1n) is 12.4. The van der Waals surface area contributed by atoms with Crippen LogP contribution in [0.3, 0.4) is 0 Å². The molecule has 2 heterocycles. The Morgan fingerprint density at radius 3 is 2.57 bits per heavy atom. The van der Waals surface area contributed by atoms with Gasteiger partial charge in [-0.25, -0.2) is 4.79 Å². The predicted molar refractivity (Wildman–Crippen MR) is 129 cm³/mol. The number of alkyl halides is 3. The molecule has 0 aliphatic carbocycles. The molecule has 0 saturated carbocycles. The number of rotatable bonds is 8. The lowest BCUT2D eigenvalue weighted by Crippen LogP contribution is -2.54. The van der Waals surface area contributed by atoms with E-state index < -0.39 is 53.4 Å². The number of carboxylic acid groups (broad SMARTS) is 1. The lowest BCUT2D eigenvalue weighted by atomic mass is 9.97. The van der Waals surface area contributed by atoms with Crippen molar-refractivity contribution in [2.45, 2.75) is 70.8 Å². The number of amides is 3. The molecular formula is C25H34F3N3O6. The fraction of sp³-hybridized carbons (Fsp3) is 0.640. The first-order valence-corrected chi connectivity index (χ1v) is 12.4. The van der Waals surface area contributed by atoms with Crippen LogP contribution in [0, 0.1) is 0 Å². The van der Waals surface area contributed by atoms with Crippen molar-refractivity contribution in [1.29, 1.82) is 0 Å². The van der Waals surface area contributed by atoms with E-state index in [1.54, 1.807) is 21.0 Å². The number of halogens is 3. The summed E-state index contributed by atoms with van der Waals surface area (Å²) in [7, 11) is 1.55. The number of methoxy groups -OCH3 is 1. The molecule has 0 aromatic heterocycles. The number of benzene rings is 1. The molecule has 0 spiro atoms. The van der Waals surface area contributed by atoms with Gasteiger partial charge in [0.05, 0.1) is 22.9 Å². The highest BCUT2D eigenvalue weighted by atomic mass is 19.4. The number of piperidine rings is 1. The summed E-state index contributed by atoms with van der Waals surface area (Å²) in [5.74, 6) is -1.39. The summed E-state index contributed by atoms with van der Waals surface area (Å²) in [6, 6.07) is 0.800. The summed E-state index contributed by atoms with van der Waals surface area (Å²) in [4.78, 5) is 42.0. The maximum absolute atomic E-state index is 14.2. The summed E-state index contributed by atoms with van der Waals surface area (Å²) < 4.78 is 53.2. The van der Waals surface area contributed by atoms with Crippen LogP contribution in [-0.4, -0.2) is 84.4 Å². The molecule has 2 aliphatic rings. The number of fused-ring (bicyclic) bond motifs is 1. The van der Waals surface area contributed by atoms with E-state index in [0.29, 0.717) is 38.8 Å². The molecule has 0 radical (unpaired) electrons. The van der Waals surface area contributed by atoms with Gasteiger partial charge >= 0.3 is 12.3 Å². The second-order valence-corrected chi connectivity index (χ2v) is 9.64. The predicted octanol–water partition coefficient (Wildman–Crippen LogP) is 4.24. The molecule has 206 valence electrons. The van der Waals surface area contributed by atoms with Gasteiger partial charge in [0.15, 0.2) is 6.10 Å². The Morgan fingerprint density at radius 1 is 1.27 bits per heavy atom. The molecule has 9 nitrogen and oxygen atoms in total. The summed E-state index contributed by atoms with van der Waals surface area (Å²) in [6.07, 6.45) is -4.85. The Bertz CT molecular complexity index is 1020. The normalized spacial score (nSPS) is 20.1. The van der Waals surface area contributed by atoms with Crippen molar-refractivity contribution in [3.05, 3.63) is 23.3 Å². The topological polar surface area (TPSA) is 99.6 Å². The monoisotopic (exact) mass is 529 g/mol. The molecule has 37 heavy (non-hydrogen) atoms. The van der Waals surface area contributed by atoms with Crippen LogP contribution in [-0.2, 0) is 15.7 Å². The largest absolute Gasteiger partial charge is 0.479 e. The zero-order valence-electron chi connectivity index (χ0n) is 21.5. The molecule has 2 aliphatic heterocycles. The third-order valence-corrected chi connectivity index (χ3v) is 6.67. The van der Waals surface area contributed by atoms with Gasteiger partial charge in [-0.1, -0.05) is 0 Å². The number of hydrogen-bond donors (Lipinski definition) is 1. The van der Waals surface area contributed by atoms with Crippen molar-refractivity contribution in [2.24, 2.45) is 0 Å². The minimum atomic E-state index is -4.86. The third-order valence-electron chi connectivity index (χ3n) is 6.67. The van der Waals surface area contributed by atoms with Crippen molar-refractivity contribution in [3.63, 3.8) is 0 Å². The first-order chi connectivity index (χ1) is 17.4. The number of hydrogen-bond acceptors (Lipinski definition) is 5. The second kappa shape index (κ2) is 11.6. The molecule has 12 heteroatoms. The van der Waals surface area contributed by atoms with Crippen molar-refractivity contribution >= 4 is 23.6 Å².